The molecule has 5 N–H and O–H groups in total. The van der Waals surface area contributed by atoms with E-state index in [1.54, 1.807) is 0 Å². The highest BCUT2D eigenvalue weighted by atomic mass is 35.5. The summed E-state index contributed by atoms with van der Waals surface area (Å²) in [7, 11) is 0. The Kier molecular flexibility index (Phi) is 6.20. The van der Waals surface area contributed by atoms with Gasteiger partial charge < -0.3 is 30.5 Å². The van der Waals surface area contributed by atoms with Crippen LogP contribution in [0, 0.1) is 0 Å². The molecule has 0 unspecified atom stereocenters. The number of rotatable bonds is 6. The normalized spacial score (nSPS) is 22.1. The second-order valence-electron chi connectivity index (χ2n) is 6.91. The van der Waals surface area contributed by atoms with Crippen LogP contribution in [0.4, 0.5) is 5.13 Å². The number of carbonyl (C=O) groups is 1. The van der Waals surface area contributed by atoms with Crippen LogP contribution in [0.15, 0.2) is 0 Å². The Morgan fingerprint density at radius 3 is 2.86 bits per heavy atom. The lowest BCUT2D eigenvalue weighted by atomic mass is 10.0. The van der Waals surface area contributed by atoms with Crippen molar-refractivity contribution in [2.75, 3.05) is 24.6 Å². The monoisotopic (exact) mass is 430 g/mol. The molecule has 0 aromatic carbocycles. The molecule has 1 saturated heterocycles. The Balaban J connectivity index is 1.61. The van der Waals surface area contributed by atoms with Crippen LogP contribution in [0.3, 0.4) is 0 Å². The highest BCUT2D eigenvalue weighted by Gasteiger charge is 2.33. The number of halogens is 1. The van der Waals surface area contributed by atoms with Crippen molar-refractivity contribution in [2.24, 2.45) is 0 Å². The van der Waals surface area contributed by atoms with Gasteiger partial charge >= 0.3 is 0 Å². The summed E-state index contributed by atoms with van der Waals surface area (Å²) in [5.41, 5.74) is -0.768. The first kappa shape index (κ1) is 20.9. The summed E-state index contributed by atoms with van der Waals surface area (Å²) in [6.45, 7) is 3.68. The van der Waals surface area contributed by atoms with Gasteiger partial charge in [0.05, 0.1) is 24.4 Å². The minimum atomic E-state index is -1.46. The number of piperidine rings is 1. The molecule has 1 fully saturated rings. The number of hydrogen-bond donors (Lipinski definition) is 5. The van der Waals surface area contributed by atoms with Gasteiger partial charge in [0.25, 0.3) is 5.91 Å². The van der Waals surface area contributed by atoms with Crippen molar-refractivity contribution >= 4 is 34.0 Å². The molecule has 0 saturated carbocycles. The zero-order valence-electron chi connectivity index (χ0n) is 15.5. The minimum absolute atomic E-state index is 0.122. The molecule has 12 heteroatoms. The first-order valence-corrected chi connectivity index (χ1v) is 10.1. The van der Waals surface area contributed by atoms with E-state index >= 15 is 0 Å². The van der Waals surface area contributed by atoms with E-state index in [1.165, 1.54) is 6.92 Å². The van der Waals surface area contributed by atoms with Crippen LogP contribution >= 0.6 is 22.9 Å². The van der Waals surface area contributed by atoms with Gasteiger partial charge in [-0.25, -0.2) is 4.98 Å². The molecule has 0 radical (unpaired) electrons. The quantitative estimate of drug-likeness (QED) is 0.431. The Hall–Kier alpha value is -1.79. The molecule has 0 aliphatic carbocycles. The Morgan fingerprint density at radius 1 is 1.50 bits per heavy atom. The van der Waals surface area contributed by atoms with E-state index < -0.39 is 30.3 Å². The number of amides is 1. The number of imidazole rings is 1. The number of nitrogens with zero attached hydrogens (tertiary/aromatic N) is 4. The highest BCUT2D eigenvalue weighted by molar-refractivity contribution is 7.15. The summed E-state index contributed by atoms with van der Waals surface area (Å²) >= 11 is 7.13. The van der Waals surface area contributed by atoms with E-state index in [9.17, 15) is 20.1 Å². The molecule has 1 amide bonds. The maximum Gasteiger partial charge on any atom is 0.287 e. The van der Waals surface area contributed by atoms with Crippen LogP contribution in [0.2, 0.25) is 5.15 Å². The van der Waals surface area contributed by atoms with E-state index in [-0.39, 0.29) is 17.5 Å². The molecule has 1 aliphatic rings. The van der Waals surface area contributed by atoms with Crippen LogP contribution in [0.1, 0.15) is 41.6 Å². The fourth-order valence-electron chi connectivity index (χ4n) is 2.87. The average Bonchev–Trinajstić information content (AvgIpc) is 3.30. The van der Waals surface area contributed by atoms with Gasteiger partial charge in [0.1, 0.15) is 5.60 Å². The van der Waals surface area contributed by atoms with Crippen molar-refractivity contribution in [1.82, 2.24) is 25.5 Å². The number of aliphatic hydroxyl groups is 3. The second kappa shape index (κ2) is 8.29. The van der Waals surface area contributed by atoms with E-state index in [1.807, 2.05) is 11.8 Å². The van der Waals surface area contributed by atoms with Gasteiger partial charge in [0.2, 0.25) is 5.13 Å². The highest BCUT2D eigenvalue weighted by Crippen LogP contribution is 2.30. The Morgan fingerprint density at radius 2 is 2.25 bits per heavy atom. The molecule has 0 spiro atoms. The topological polar surface area (TPSA) is 147 Å². The van der Waals surface area contributed by atoms with Crippen LogP contribution < -0.4 is 10.2 Å². The predicted octanol–water partition coefficient (Wildman–Crippen LogP) is 0.0464. The third-order valence-corrected chi connectivity index (χ3v) is 6.20. The average molecular weight is 431 g/mol. The summed E-state index contributed by atoms with van der Waals surface area (Å²) in [5, 5.41) is 41.6. The van der Waals surface area contributed by atoms with Crippen LogP contribution in [-0.2, 0) is 12.0 Å². The maximum atomic E-state index is 12.4. The number of anilines is 1. The first-order valence-electron chi connectivity index (χ1n) is 8.90. The standard InChI is InChI=1S/C16H23ClN6O4S/c1-3-8-11(17)20-12(18-8)13(26)19-9-4-5-23(6-10(9)25)15-22-21-14(28-15)16(2,27)7-24/h9-10,24-25,27H,3-7H2,1-2H3,(H,18,20)(H,19,26)/t9-,10+,16-/m1/s1. The number of nitrogens with one attached hydrogen (secondary N) is 2. The molecule has 10 nitrogen and oxygen atoms in total. The van der Waals surface area contributed by atoms with Crippen LogP contribution in [-0.4, -0.2) is 73.2 Å². The predicted molar refractivity (Wildman–Crippen MR) is 104 cm³/mol. The summed E-state index contributed by atoms with van der Waals surface area (Å²) < 4.78 is 0. The molecule has 2 aromatic rings. The second-order valence-corrected chi connectivity index (χ2v) is 8.23. The largest absolute Gasteiger partial charge is 0.393 e. The Bertz CT molecular complexity index is 841. The van der Waals surface area contributed by atoms with Crippen molar-refractivity contribution in [3.8, 4) is 0 Å². The molecule has 3 rings (SSSR count). The number of aliphatic hydroxyl groups excluding tert-OH is 2. The zero-order valence-corrected chi connectivity index (χ0v) is 17.1. The van der Waals surface area contributed by atoms with Crippen molar-refractivity contribution < 1.29 is 20.1 Å². The van der Waals surface area contributed by atoms with Gasteiger partial charge in [-0.3, -0.25) is 4.79 Å². The van der Waals surface area contributed by atoms with E-state index in [0.29, 0.717) is 35.2 Å². The third kappa shape index (κ3) is 4.28. The number of H-pyrrole nitrogens is 1. The summed E-state index contributed by atoms with van der Waals surface area (Å²) in [4.78, 5) is 21.1. The molecule has 3 heterocycles. The van der Waals surface area contributed by atoms with E-state index in [2.05, 4.69) is 25.5 Å². The number of carbonyl (C=O) groups excluding carboxylic acids is 1. The summed E-state index contributed by atoms with van der Waals surface area (Å²) in [6.07, 6.45) is 0.305. The number of aryl methyl sites for hydroxylation is 1. The van der Waals surface area contributed by atoms with Crippen molar-refractivity contribution in [3.05, 3.63) is 21.7 Å². The van der Waals surface area contributed by atoms with Crippen molar-refractivity contribution in [1.29, 1.82) is 0 Å². The lowest BCUT2D eigenvalue weighted by Gasteiger charge is -2.35. The maximum absolute atomic E-state index is 12.4. The molecule has 154 valence electrons. The Labute approximate surface area is 170 Å². The fourth-order valence-corrected chi connectivity index (χ4v) is 4.05. The van der Waals surface area contributed by atoms with Crippen LogP contribution in [0.25, 0.3) is 0 Å². The van der Waals surface area contributed by atoms with Crippen molar-refractivity contribution in [3.63, 3.8) is 0 Å². The molecule has 28 heavy (non-hydrogen) atoms. The smallest absolute Gasteiger partial charge is 0.287 e. The van der Waals surface area contributed by atoms with Gasteiger partial charge in [-0.1, -0.05) is 29.9 Å². The molecule has 3 atom stereocenters. The minimum Gasteiger partial charge on any atom is -0.393 e. The summed E-state index contributed by atoms with van der Waals surface area (Å²) in [5.74, 6) is -0.298. The molecule has 1 aliphatic heterocycles. The van der Waals surface area contributed by atoms with Crippen LogP contribution in [0.5, 0.6) is 0 Å². The van der Waals surface area contributed by atoms with Gasteiger partial charge in [-0.2, -0.15) is 0 Å². The first-order chi connectivity index (χ1) is 13.2. The molecular formula is C16H23ClN6O4S. The van der Waals surface area contributed by atoms with Gasteiger partial charge in [-0.15, -0.1) is 10.2 Å². The number of aromatic amines is 1. The van der Waals surface area contributed by atoms with Crippen molar-refractivity contribution in [2.45, 2.75) is 44.4 Å². The fraction of sp³-hybridized carbons (Fsp3) is 0.625. The number of β-amino-alcohol motifs (C(OH)–C–C–N with tert-alkyl or cyclic N) is 1. The van der Waals surface area contributed by atoms with E-state index in [0.717, 1.165) is 11.3 Å². The van der Waals surface area contributed by atoms with E-state index in [4.69, 9.17) is 11.6 Å². The SMILES string of the molecule is CCc1[nH]c(C(=O)N[C@@H]2CCN(c3nnc([C@](C)(O)CO)s3)C[C@@H]2O)nc1Cl. The third-order valence-electron chi connectivity index (χ3n) is 4.65. The van der Waals surface area contributed by atoms with Gasteiger partial charge in [0, 0.05) is 13.1 Å². The summed E-state index contributed by atoms with van der Waals surface area (Å²) in [6, 6.07) is -0.439. The lowest BCUT2D eigenvalue weighted by Crippen LogP contribution is -2.54. The number of aromatic nitrogens is 4. The molecular weight excluding hydrogens is 408 g/mol. The molecule has 0 bridgehead atoms. The molecule has 2 aromatic heterocycles. The lowest BCUT2D eigenvalue weighted by molar-refractivity contribution is -0.00294. The number of hydrogen-bond acceptors (Lipinski definition) is 9. The van der Waals surface area contributed by atoms with Gasteiger partial charge in [0.15, 0.2) is 16.0 Å². The van der Waals surface area contributed by atoms with Gasteiger partial charge in [-0.05, 0) is 19.8 Å². The zero-order chi connectivity index (χ0) is 20.5.